The van der Waals surface area contributed by atoms with Crippen molar-refractivity contribution >= 4 is 5.69 Å². The molecule has 20 heavy (non-hydrogen) atoms. The largest absolute Gasteiger partial charge is 0.399 e. The molecule has 2 rings (SSSR count). The molecule has 2 aromatic rings. The normalized spacial score (nSPS) is 10.5. The molecule has 0 bridgehead atoms. The highest BCUT2D eigenvalue weighted by atomic mass is 19.1. The van der Waals surface area contributed by atoms with E-state index in [1.807, 2.05) is 42.3 Å². The second-order valence-electron chi connectivity index (χ2n) is 4.84. The van der Waals surface area contributed by atoms with Crippen LogP contribution < -0.4 is 5.73 Å². The lowest BCUT2D eigenvalue weighted by molar-refractivity contribution is 0.313. The number of nitrogen functional groups attached to an aromatic ring is 1. The molecule has 0 saturated heterocycles. The lowest BCUT2D eigenvalue weighted by Gasteiger charge is -2.17. The Morgan fingerprint density at radius 3 is 2.70 bits per heavy atom. The van der Waals surface area contributed by atoms with Crippen molar-refractivity contribution in [2.75, 3.05) is 12.8 Å². The van der Waals surface area contributed by atoms with Gasteiger partial charge in [0, 0.05) is 24.3 Å². The first-order valence-electron chi connectivity index (χ1n) is 6.30. The number of hydrogen-bond donors (Lipinski definition) is 1. The van der Waals surface area contributed by atoms with Crippen LogP contribution in [0.1, 0.15) is 16.7 Å². The van der Waals surface area contributed by atoms with Crippen LogP contribution in [-0.4, -0.2) is 11.9 Å². The average Bonchev–Trinajstić information content (AvgIpc) is 2.41. The first kappa shape index (κ1) is 14.0. The van der Waals surface area contributed by atoms with Crippen LogP contribution in [0.4, 0.5) is 10.1 Å². The highest BCUT2D eigenvalue weighted by molar-refractivity contribution is 5.40. The second kappa shape index (κ2) is 6.18. The van der Waals surface area contributed by atoms with Gasteiger partial charge >= 0.3 is 0 Å². The van der Waals surface area contributed by atoms with E-state index in [0.29, 0.717) is 29.9 Å². The van der Waals surface area contributed by atoms with Gasteiger partial charge in [-0.05, 0) is 42.9 Å². The van der Waals surface area contributed by atoms with Crippen molar-refractivity contribution in [2.24, 2.45) is 0 Å². The Morgan fingerprint density at radius 2 is 2.00 bits per heavy atom. The van der Waals surface area contributed by atoms with Gasteiger partial charge in [-0.1, -0.05) is 12.1 Å². The summed E-state index contributed by atoms with van der Waals surface area (Å²) < 4.78 is 13.7. The predicted molar refractivity (Wildman–Crippen MR) is 77.1 cm³/mol. The van der Waals surface area contributed by atoms with E-state index >= 15 is 0 Å². The number of nitrogens with two attached hydrogens (primary N) is 1. The summed E-state index contributed by atoms with van der Waals surface area (Å²) in [5, 5.41) is 8.85. The van der Waals surface area contributed by atoms with Crippen molar-refractivity contribution in [1.29, 1.82) is 5.26 Å². The molecule has 2 N–H and O–H groups in total. The number of rotatable bonds is 4. The van der Waals surface area contributed by atoms with Crippen LogP contribution >= 0.6 is 0 Å². The number of hydrogen-bond acceptors (Lipinski definition) is 3. The minimum absolute atomic E-state index is 0.288. The Bertz CT molecular complexity index is 646. The van der Waals surface area contributed by atoms with E-state index in [-0.39, 0.29) is 5.82 Å². The maximum Gasteiger partial charge on any atom is 0.127 e. The average molecular weight is 269 g/mol. The molecule has 0 aliphatic rings. The number of benzene rings is 2. The molecule has 2 aromatic carbocycles. The van der Waals surface area contributed by atoms with Crippen LogP contribution in [0.5, 0.6) is 0 Å². The van der Waals surface area contributed by atoms with Crippen LogP contribution in [0.2, 0.25) is 0 Å². The minimum atomic E-state index is -0.288. The van der Waals surface area contributed by atoms with Gasteiger partial charge in [-0.25, -0.2) is 4.39 Å². The summed E-state index contributed by atoms with van der Waals surface area (Å²) in [5.41, 5.74) is 8.52. The van der Waals surface area contributed by atoms with Crippen molar-refractivity contribution in [1.82, 2.24) is 4.90 Å². The summed E-state index contributed by atoms with van der Waals surface area (Å²) in [4.78, 5) is 1.98. The van der Waals surface area contributed by atoms with E-state index < -0.39 is 0 Å². The smallest absolute Gasteiger partial charge is 0.127 e. The van der Waals surface area contributed by atoms with Gasteiger partial charge in [-0.3, -0.25) is 4.90 Å². The van der Waals surface area contributed by atoms with E-state index in [4.69, 9.17) is 11.0 Å². The molecular formula is C16H16FN3. The SMILES string of the molecule is CN(Cc1cccc(N)c1)Cc1cc(C#N)ccc1F. The molecule has 3 nitrogen and oxygen atoms in total. The van der Waals surface area contributed by atoms with Crippen molar-refractivity contribution in [3.05, 3.63) is 65.0 Å². The molecule has 0 spiro atoms. The quantitative estimate of drug-likeness (QED) is 0.868. The van der Waals surface area contributed by atoms with Crippen LogP contribution in [-0.2, 0) is 13.1 Å². The highest BCUT2D eigenvalue weighted by Gasteiger charge is 2.08. The zero-order valence-electron chi connectivity index (χ0n) is 11.3. The molecule has 0 amide bonds. The summed E-state index contributed by atoms with van der Waals surface area (Å²) in [7, 11) is 1.90. The molecular weight excluding hydrogens is 253 g/mol. The fourth-order valence-corrected chi connectivity index (χ4v) is 2.12. The van der Waals surface area contributed by atoms with Crippen LogP contribution in [0.15, 0.2) is 42.5 Å². The molecule has 0 saturated carbocycles. The fourth-order valence-electron chi connectivity index (χ4n) is 2.12. The lowest BCUT2D eigenvalue weighted by atomic mass is 10.1. The van der Waals surface area contributed by atoms with E-state index in [2.05, 4.69) is 0 Å². The maximum absolute atomic E-state index is 13.7. The summed E-state index contributed by atoms with van der Waals surface area (Å²) in [6.45, 7) is 1.11. The van der Waals surface area contributed by atoms with Gasteiger partial charge in [0.2, 0.25) is 0 Å². The van der Waals surface area contributed by atoms with Crippen molar-refractivity contribution in [3.63, 3.8) is 0 Å². The summed E-state index contributed by atoms with van der Waals surface area (Å²) >= 11 is 0. The monoisotopic (exact) mass is 269 g/mol. The molecule has 0 aliphatic heterocycles. The number of halogens is 1. The minimum Gasteiger partial charge on any atom is -0.399 e. The molecule has 0 radical (unpaired) electrons. The van der Waals surface area contributed by atoms with Gasteiger partial charge in [0.25, 0.3) is 0 Å². The first-order valence-corrected chi connectivity index (χ1v) is 6.30. The van der Waals surface area contributed by atoms with E-state index in [1.54, 1.807) is 6.07 Å². The molecule has 0 fully saturated rings. The Labute approximate surface area is 118 Å². The molecule has 4 heteroatoms. The van der Waals surface area contributed by atoms with Gasteiger partial charge in [-0.2, -0.15) is 5.26 Å². The molecule has 0 heterocycles. The van der Waals surface area contributed by atoms with Crippen LogP contribution in [0, 0.1) is 17.1 Å². The molecule has 0 aliphatic carbocycles. The van der Waals surface area contributed by atoms with E-state index in [1.165, 1.54) is 12.1 Å². The maximum atomic E-state index is 13.7. The zero-order chi connectivity index (χ0) is 14.5. The zero-order valence-corrected chi connectivity index (χ0v) is 11.3. The summed E-state index contributed by atoms with van der Waals surface area (Å²) in [6, 6.07) is 14.0. The first-order chi connectivity index (χ1) is 9.58. The highest BCUT2D eigenvalue weighted by Crippen LogP contribution is 2.14. The standard InChI is InChI=1S/C16H16FN3/c1-20(10-13-3-2-4-15(19)8-13)11-14-7-12(9-18)5-6-16(14)17/h2-8H,10-11,19H2,1H3. The third kappa shape index (κ3) is 3.56. The Hall–Kier alpha value is -2.38. The van der Waals surface area contributed by atoms with Crippen LogP contribution in [0.25, 0.3) is 0 Å². The summed E-state index contributed by atoms with van der Waals surface area (Å²) in [5.74, 6) is -0.288. The van der Waals surface area contributed by atoms with Crippen molar-refractivity contribution < 1.29 is 4.39 Å². The van der Waals surface area contributed by atoms with Gasteiger partial charge in [-0.15, -0.1) is 0 Å². The Kier molecular flexibility index (Phi) is 4.34. The van der Waals surface area contributed by atoms with Crippen LogP contribution in [0.3, 0.4) is 0 Å². The molecule has 0 unspecified atom stereocenters. The van der Waals surface area contributed by atoms with Gasteiger partial charge in [0.15, 0.2) is 0 Å². The van der Waals surface area contributed by atoms with Gasteiger partial charge in [0.05, 0.1) is 11.6 Å². The Morgan fingerprint density at radius 1 is 1.20 bits per heavy atom. The van der Waals surface area contributed by atoms with E-state index in [0.717, 1.165) is 5.56 Å². The number of nitriles is 1. The molecule has 102 valence electrons. The predicted octanol–water partition coefficient (Wildman–Crippen LogP) is 2.91. The van der Waals surface area contributed by atoms with Crippen molar-refractivity contribution in [3.8, 4) is 6.07 Å². The lowest BCUT2D eigenvalue weighted by Crippen LogP contribution is -2.18. The van der Waals surface area contributed by atoms with Crippen molar-refractivity contribution in [2.45, 2.75) is 13.1 Å². The number of nitrogens with zero attached hydrogens (tertiary/aromatic N) is 2. The van der Waals surface area contributed by atoms with Gasteiger partial charge < -0.3 is 5.73 Å². The summed E-state index contributed by atoms with van der Waals surface area (Å²) in [6.07, 6.45) is 0. The van der Waals surface area contributed by atoms with E-state index in [9.17, 15) is 4.39 Å². The Balaban J connectivity index is 2.08. The second-order valence-corrected chi connectivity index (χ2v) is 4.84. The van der Waals surface area contributed by atoms with Gasteiger partial charge in [0.1, 0.15) is 5.82 Å². The fraction of sp³-hybridized carbons (Fsp3) is 0.188. The third-order valence-electron chi connectivity index (χ3n) is 3.02. The number of anilines is 1. The third-order valence-corrected chi connectivity index (χ3v) is 3.02. The molecule has 0 aromatic heterocycles. The topological polar surface area (TPSA) is 53.0 Å². The molecule has 0 atom stereocenters.